The third-order valence-corrected chi connectivity index (χ3v) is 6.13. The minimum absolute atomic E-state index is 0.00756. The van der Waals surface area contributed by atoms with E-state index in [9.17, 15) is 22.8 Å². The number of hydrogen-bond acceptors (Lipinski definition) is 3. The second kappa shape index (κ2) is 8.41. The van der Waals surface area contributed by atoms with Crippen LogP contribution in [0.4, 0.5) is 18.0 Å². The smallest absolute Gasteiger partial charge is 0.323 e. The molecule has 1 atom stereocenters. The van der Waals surface area contributed by atoms with Gasteiger partial charge in [0, 0.05) is 6.54 Å². The summed E-state index contributed by atoms with van der Waals surface area (Å²) in [5.41, 5.74) is -0.196. The number of alkyl halides is 3. The Morgan fingerprint density at radius 2 is 1.93 bits per heavy atom. The Labute approximate surface area is 174 Å². The molecule has 0 saturated carbocycles. The van der Waals surface area contributed by atoms with Crippen LogP contribution in [0.25, 0.3) is 0 Å². The zero-order valence-electron chi connectivity index (χ0n) is 17.4. The van der Waals surface area contributed by atoms with Gasteiger partial charge in [-0.25, -0.2) is 4.79 Å². The number of benzene rings is 1. The maximum absolute atomic E-state index is 13.1. The molecule has 0 aromatic heterocycles. The zero-order chi connectivity index (χ0) is 22.1. The highest BCUT2D eigenvalue weighted by Crippen LogP contribution is 2.37. The fraction of sp³-hybridized carbons (Fsp3) is 0.545. The van der Waals surface area contributed by atoms with Crippen LogP contribution >= 0.6 is 0 Å². The summed E-state index contributed by atoms with van der Waals surface area (Å²) < 4.78 is 38.8. The van der Waals surface area contributed by atoms with Gasteiger partial charge in [0.1, 0.15) is 5.54 Å². The molecule has 0 unspecified atom stereocenters. The van der Waals surface area contributed by atoms with Gasteiger partial charge in [0.25, 0.3) is 5.91 Å². The first-order valence-corrected chi connectivity index (χ1v) is 10.2. The lowest BCUT2D eigenvalue weighted by atomic mass is 9.75. The highest BCUT2D eigenvalue weighted by molar-refractivity contribution is 6.07. The Balaban J connectivity index is 1.65. The maximum atomic E-state index is 13.1. The number of carbonyl (C=O) groups excluding carboxylic acids is 2. The molecule has 1 aromatic carbocycles. The normalized spacial score (nSPS) is 23.7. The molecule has 0 bridgehead atoms. The predicted octanol–water partition coefficient (Wildman–Crippen LogP) is 4.19. The van der Waals surface area contributed by atoms with Crippen molar-refractivity contribution < 1.29 is 22.8 Å². The Kier molecular flexibility index (Phi) is 6.26. The Morgan fingerprint density at radius 1 is 1.27 bits per heavy atom. The van der Waals surface area contributed by atoms with Crippen molar-refractivity contribution in [3.05, 3.63) is 47.5 Å². The summed E-state index contributed by atoms with van der Waals surface area (Å²) >= 11 is 0. The summed E-state index contributed by atoms with van der Waals surface area (Å²) in [5, 5.41) is 2.93. The SMILES string of the molecule is C=C(C)CN1C(=O)N[C@](CC)(C2CCN(Cc3cccc(C(F)(F)F)c3)CC2)C1=O. The second-order valence-corrected chi connectivity index (χ2v) is 8.35. The van der Waals surface area contributed by atoms with Crippen LogP contribution in [0.2, 0.25) is 0 Å². The van der Waals surface area contributed by atoms with E-state index in [-0.39, 0.29) is 24.4 Å². The fourth-order valence-electron chi connectivity index (χ4n) is 4.55. The average molecular weight is 423 g/mol. The quantitative estimate of drug-likeness (QED) is 0.551. The molecule has 3 amide bonds. The molecule has 1 N–H and O–H groups in total. The van der Waals surface area contributed by atoms with Crippen molar-refractivity contribution in [2.75, 3.05) is 19.6 Å². The number of rotatable bonds is 6. The first kappa shape index (κ1) is 22.3. The molecule has 1 aromatic rings. The summed E-state index contributed by atoms with van der Waals surface area (Å²) in [7, 11) is 0. The van der Waals surface area contributed by atoms with Crippen LogP contribution in [-0.2, 0) is 17.5 Å². The summed E-state index contributed by atoms with van der Waals surface area (Å²) in [5.74, 6) is -0.207. The number of halogens is 3. The van der Waals surface area contributed by atoms with Gasteiger partial charge >= 0.3 is 12.2 Å². The van der Waals surface area contributed by atoms with Crippen molar-refractivity contribution in [1.82, 2.24) is 15.1 Å². The zero-order valence-corrected chi connectivity index (χ0v) is 17.4. The van der Waals surface area contributed by atoms with E-state index in [2.05, 4.69) is 16.8 Å². The monoisotopic (exact) mass is 423 g/mol. The average Bonchev–Trinajstić information content (AvgIpc) is 2.93. The lowest BCUT2D eigenvalue weighted by Gasteiger charge is -2.40. The van der Waals surface area contributed by atoms with E-state index in [1.54, 1.807) is 13.0 Å². The van der Waals surface area contributed by atoms with Gasteiger partial charge in [0.15, 0.2) is 0 Å². The minimum Gasteiger partial charge on any atom is -0.323 e. The van der Waals surface area contributed by atoms with E-state index in [1.165, 1.54) is 17.0 Å². The number of carbonyl (C=O) groups is 2. The van der Waals surface area contributed by atoms with Crippen LogP contribution in [0.1, 0.15) is 44.2 Å². The highest BCUT2D eigenvalue weighted by atomic mass is 19.4. The second-order valence-electron chi connectivity index (χ2n) is 8.35. The Morgan fingerprint density at radius 3 is 2.50 bits per heavy atom. The number of amides is 3. The van der Waals surface area contributed by atoms with Crippen LogP contribution < -0.4 is 5.32 Å². The number of nitrogens with zero attached hydrogens (tertiary/aromatic N) is 2. The van der Waals surface area contributed by atoms with Gasteiger partial charge in [-0.2, -0.15) is 13.2 Å². The van der Waals surface area contributed by atoms with Crippen molar-refractivity contribution >= 4 is 11.9 Å². The molecule has 2 aliphatic rings. The number of urea groups is 1. The van der Waals surface area contributed by atoms with Crippen LogP contribution in [0.15, 0.2) is 36.4 Å². The van der Waals surface area contributed by atoms with E-state index >= 15 is 0 Å². The molecule has 164 valence electrons. The first-order valence-electron chi connectivity index (χ1n) is 10.2. The van der Waals surface area contributed by atoms with Crippen molar-refractivity contribution in [2.24, 2.45) is 5.92 Å². The molecular formula is C22H28F3N3O2. The summed E-state index contributed by atoms with van der Waals surface area (Å²) in [6.07, 6.45) is -2.46. The van der Waals surface area contributed by atoms with Crippen molar-refractivity contribution in [2.45, 2.75) is 51.4 Å². The largest absolute Gasteiger partial charge is 0.416 e. The van der Waals surface area contributed by atoms with Crippen molar-refractivity contribution in [3.63, 3.8) is 0 Å². The van der Waals surface area contributed by atoms with Gasteiger partial charge in [0.05, 0.1) is 12.1 Å². The van der Waals surface area contributed by atoms with E-state index in [0.29, 0.717) is 44.5 Å². The Bertz CT molecular complexity index is 831. The molecule has 5 nitrogen and oxygen atoms in total. The molecule has 8 heteroatoms. The summed E-state index contributed by atoms with van der Waals surface area (Å²) in [6, 6.07) is 5.02. The molecule has 0 radical (unpaired) electrons. The minimum atomic E-state index is -4.35. The summed E-state index contributed by atoms with van der Waals surface area (Å²) in [6.45, 7) is 9.43. The molecular weight excluding hydrogens is 395 g/mol. The number of piperidine rings is 1. The number of imide groups is 1. The van der Waals surface area contributed by atoms with E-state index in [0.717, 1.165) is 11.6 Å². The molecule has 2 aliphatic heterocycles. The lowest BCUT2D eigenvalue weighted by molar-refractivity contribution is -0.137. The molecule has 0 spiro atoms. The molecule has 2 fully saturated rings. The van der Waals surface area contributed by atoms with E-state index in [4.69, 9.17) is 0 Å². The van der Waals surface area contributed by atoms with Crippen molar-refractivity contribution in [1.29, 1.82) is 0 Å². The van der Waals surface area contributed by atoms with Crippen molar-refractivity contribution in [3.8, 4) is 0 Å². The van der Waals surface area contributed by atoms with Crippen LogP contribution in [0.3, 0.4) is 0 Å². The van der Waals surface area contributed by atoms with Gasteiger partial charge in [-0.1, -0.05) is 37.3 Å². The molecule has 2 saturated heterocycles. The lowest BCUT2D eigenvalue weighted by Crippen LogP contribution is -2.55. The highest BCUT2D eigenvalue weighted by Gasteiger charge is 2.54. The summed E-state index contributed by atoms with van der Waals surface area (Å²) in [4.78, 5) is 28.8. The Hall–Kier alpha value is -2.35. The molecule has 30 heavy (non-hydrogen) atoms. The third-order valence-electron chi connectivity index (χ3n) is 6.13. The predicted molar refractivity (Wildman–Crippen MR) is 108 cm³/mol. The van der Waals surface area contributed by atoms with Crippen LogP contribution in [0, 0.1) is 5.92 Å². The van der Waals surface area contributed by atoms with Crippen LogP contribution in [0.5, 0.6) is 0 Å². The van der Waals surface area contributed by atoms with E-state index < -0.39 is 17.3 Å². The van der Waals surface area contributed by atoms with Crippen LogP contribution in [-0.4, -0.2) is 46.9 Å². The molecule has 3 rings (SSSR count). The third kappa shape index (κ3) is 4.38. The molecule has 0 aliphatic carbocycles. The maximum Gasteiger partial charge on any atom is 0.416 e. The van der Waals surface area contributed by atoms with Gasteiger partial charge in [-0.3, -0.25) is 14.6 Å². The number of hydrogen-bond donors (Lipinski definition) is 1. The van der Waals surface area contributed by atoms with Gasteiger partial charge in [-0.05, 0) is 56.8 Å². The standard InChI is InChI=1S/C22H28F3N3O2/c1-4-21(19(29)28(13-15(2)3)20(30)26-21)17-8-10-27(11-9-17)14-16-6-5-7-18(12-16)22(23,24)25/h5-7,12,17H,2,4,8-11,13-14H2,1,3H3,(H,26,30)/t21-/m1/s1. The van der Waals surface area contributed by atoms with E-state index in [1.807, 2.05) is 6.92 Å². The fourth-order valence-corrected chi connectivity index (χ4v) is 4.55. The first-order chi connectivity index (χ1) is 14.1. The van der Waals surface area contributed by atoms with Gasteiger partial charge < -0.3 is 5.32 Å². The topological polar surface area (TPSA) is 52.7 Å². The number of likely N-dealkylation sites (tertiary alicyclic amines) is 1. The molecule has 2 heterocycles. The number of nitrogens with one attached hydrogen (secondary N) is 1. The van der Waals surface area contributed by atoms with Gasteiger partial charge in [0.2, 0.25) is 0 Å². The van der Waals surface area contributed by atoms with Gasteiger partial charge in [-0.15, -0.1) is 0 Å².